The molecule has 0 aliphatic carbocycles. The summed E-state index contributed by atoms with van der Waals surface area (Å²) in [6, 6.07) is 9.66. The third-order valence-corrected chi connectivity index (χ3v) is 2.57. The molecular weight excluding hydrogens is 214 g/mol. The Hall–Kier alpha value is -2.16. The third-order valence-electron chi connectivity index (χ3n) is 2.57. The van der Waals surface area contributed by atoms with Crippen molar-refractivity contribution in [1.82, 2.24) is 4.98 Å². The van der Waals surface area contributed by atoms with Crippen LogP contribution < -0.4 is 0 Å². The van der Waals surface area contributed by atoms with Gasteiger partial charge < -0.3 is 5.11 Å². The van der Waals surface area contributed by atoms with Crippen LogP contribution in [-0.4, -0.2) is 16.1 Å². The zero-order chi connectivity index (χ0) is 12.4. The molecule has 0 atom stereocenters. The minimum Gasteiger partial charge on any atom is -0.478 e. The number of nitrogens with zero attached hydrogens (tertiary/aromatic N) is 1. The lowest BCUT2D eigenvalue weighted by molar-refractivity contribution is -0.132. The second-order valence-corrected chi connectivity index (χ2v) is 4.04. The van der Waals surface area contributed by atoms with Crippen molar-refractivity contribution in [2.24, 2.45) is 0 Å². The lowest BCUT2D eigenvalue weighted by atomic mass is 10.1. The Balaban J connectivity index is 2.49. The van der Waals surface area contributed by atoms with Crippen LogP contribution in [0.3, 0.4) is 0 Å². The van der Waals surface area contributed by atoms with Gasteiger partial charge in [0.2, 0.25) is 0 Å². The second kappa shape index (κ2) is 4.37. The van der Waals surface area contributed by atoms with Gasteiger partial charge in [0.1, 0.15) is 0 Å². The molecule has 0 radical (unpaired) electrons. The average Bonchev–Trinajstić information content (AvgIpc) is 2.29. The number of aromatic nitrogens is 1. The van der Waals surface area contributed by atoms with Crippen LogP contribution >= 0.6 is 0 Å². The van der Waals surface area contributed by atoms with Crippen molar-refractivity contribution in [1.29, 1.82) is 0 Å². The van der Waals surface area contributed by atoms with Crippen LogP contribution in [0.5, 0.6) is 0 Å². The van der Waals surface area contributed by atoms with Crippen LogP contribution in [0, 0.1) is 6.92 Å². The van der Waals surface area contributed by atoms with E-state index in [0.717, 1.165) is 22.2 Å². The maximum Gasteiger partial charge on any atom is 0.331 e. The first kappa shape index (κ1) is 11.3. The molecule has 1 N–H and O–H groups in total. The van der Waals surface area contributed by atoms with Crippen molar-refractivity contribution in [3.8, 4) is 0 Å². The van der Waals surface area contributed by atoms with Gasteiger partial charge in [-0.25, -0.2) is 4.79 Å². The van der Waals surface area contributed by atoms with E-state index < -0.39 is 5.97 Å². The van der Waals surface area contributed by atoms with Crippen molar-refractivity contribution < 1.29 is 9.90 Å². The van der Waals surface area contributed by atoms with Gasteiger partial charge in [-0.3, -0.25) is 4.98 Å². The first-order chi connectivity index (χ1) is 8.06. The highest BCUT2D eigenvalue weighted by Crippen LogP contribution is 2.16. The zero-order valence-electron chi connectivity index (χ0n) is 9.77. The van der Waals surface area contributed by atoms with E-state index in [4.69, 9.17) is 5.11 Å². The minimum atomic E-state index is -0.896. The van der Waals surface area contributed by atoms with Gasteiger partial charge in [-0.1, -0.05) is 12.1 Å². The van der Waals surface area contributed by atoms with Gasteiger partial charge in [0.25, 0.3) is 0 Å². The molecule has 0 aliphatic rings. The molecule has 0 spiro atoms. The molecule has 0 amide bonds. The number of aliphatic carboxylic acids is 1. The summed E-state index contributed by atoms with van der Waals surface area (Å²) in [4.78, 5) is 15.1. The van der Waals surface area contributed by atoms with Crippen LogP contribution in [0.25, 0.3) is 17.0 Å². The number of carbonyl (C=O) groups is 1. The van der Waals surface area contributed by atoms with Crippen LogP contribution in [0.15, 0.2) is 35.9 Å². The molecule has 3 heteroatoms. The van der Waals surface area contributed by atoms with Gasteiger partial charge in [-0.05, 0) is 43.7 Å². The van der Waals surface area contributed by atoms with E-state index in [9.17, 15) is 4.79 Å². The number of rotatable bonds is 2. The maximum absolute atomic E-state index is 10.7. The van der Waals surface area contributed by atoms with Crippen LogP contribution in [0.2, 0.25) is 0 Å². The quantitative estimate of drug-likeness (QED) is 0.802. The molecule has 1 aromatic heterocycles. The Morgan fingerprint density at radius 3 is 2.76 bits per heavy atom. The molecule has 3 nitrogen and oxygen atoms in total. The average molecular weight is 227 g/mol. The molecule has 86 valence electrons. The molecule has 0 aliphatic heterocycles. The first-order valence-electron chi connectivity index (χ1n) is 5.35. The third kappa shape index (κ3) is 2.50. The lowest BCUT2D eigenvalue weighted by Gasteiger charge is -2.01. The number of hydrogen-bond acceptors (Lipinski definition) is 2. The normalized spacial score (nSPS) is 11.8. The number of hydrogen-bond donors (Lipinski definition) is 1. The number of pyridine rings is 1. The first-order valence-corrected chi connectivity index (χ1v) is 5.35. The molecule has 1 aromatic carbocycles. The van der Waals surface area contributed by atoms with Crippen LogP contribution in [0.1, 0.15) is 18.2 Å². The van der Waals surface area contributed by atoms with Gasteiger partial charge in [0.05, 0.1) is 5.52 Å². The van der Waals surface area contributed by atoms with Crippen molar-refractivity contribution in [2.45, 2.75) is 13.8 Å². The van der Waals surface area contributed by atoms with Crippen molar-refractivity contribution in [3.63, 3.8) is 0 Å². The monoisotopic (exact) mass is 227 g/mol. The summed E-state index contributed by atoms with van der Waals surface area (Å²) in [5.41, 5.74) is 3.10. The number of carboxylic acid groups (broad SMARTS) is 1. The van der Waals surface area contributed by atoms with Crippen molar-refractivity contribution in [2.75, 3.05) is 0 Å². The van der Waals surface area contributed by atoms with E-state index in [1.807, 2.05) is 37.3 Å². The topological polar surface area (TPSA) is 50.2 Å². The van der Waals surface area contributed by atoms with E-state index in [-0.39, 0.29) is 0 Å². The van der Waals surface area contributed by atoms with E-state index in [0.29, 0.717) is 5.57 Å². The molecule has 1 heterocycles. The summed E-state index contributed by atoms with van der Waals surface area (Å²) in [6.45, 7) is 3.53. The van der Waals surface area contributed by atoms with E-state index in [1.54, 1.807) is 13.0 Å². The highest BCUT2D eigenvalue weighted by Gasteiger charge is 2.01. The Labute approximate surface area is 99.4 Å². The summed E-state index contributed by atoms with van der Waals surface area (Å²) < 4.78 is 0. The Morgan fingerprint density at radius 2 is 2.06 bits per heavy atom. The van der Waals surface area contributed by atoms with Gasteiger partial charge >= 0.3 is 5.97 Å². The largest absolute Gasteiger partial charge is 0.478 e. The van der Waals surface area contributed by atoms with Crippen LogP contribution in [0.4, 0.5) is 0 Å². The number of carboxylic acids is 1. The second-order valence-electron chi connectivity index (χ2n) is 4.04. The Morgan fingerprint density at radius 1 is 1.29 bits per heavy atom. The maximum atomic E-state index is 10.7. The van der Waals surface area contributed by atoms with Gasteiger partial charge in [-0.2, -0.15) is 0 Å². The number of aryl methyl sites for hydroxylation is 1. The smallest absolute Gasteiger partial charge is 0.331 e. The zero-order valence-corrected chi connectivity index (χ0v) is 9.77. The molecule has 2 rings (SSSR count). The molecule has 0 bridgehead atoms. The highest BCUT2D eigenvalue weighted by molar-refractivity contribution is 5.92. The SMILES string of the molecule is C/C(=C/c1ccc2nc(C)ccc2c1)C(=O)O. The number of benzene rings is 1. The summed E-state index contributed by atoms with van der Waals surface area (Å²) in [7, 11) is 0. The molecule has 17 heavy (non-hydrogen) atoms. The Bertz CT molecular complexity index is 615. The predicted molar refractivity (Wildman–Crippen MR) is 67.8 cm³/mol. The molecule has 0 unspecified atom stereocenters. The standard InChI is InChI=1S/C14H13NO2/c1-9(14(16)17)7-11-4-6-13-12(8-11)5-3-10(2)15-13/h3-8H,1-2H3,(H,16,17)/b9-7-. The van der Waals surface area contributed by atoms with Gasteiger partial charge in [0.15, 0.2) is 0 Å². The van der Waals surface area contributed by atoms with E-state index >= 15 is 0 Å². The van der Waals surface area contributed by atoms with Crippen molar-refractivity contribution >= 4 is 22.9 Å². The lowest BCUT2D eigenvalue weighted by Crippen LogP contribution is -1.95. The Kier molecular flexibility index (Phi) is 2.91. The van der Waals surface area contributed by atoms with Gasteiger partial charge in [-0.15, -0.1) is 0 Å². The molecular formula is C14H13NO2. The fraction of sp³-hybridized carbons (Fsp3) is 0.143. The van der Waals surface area contributed by atoms with Gasteiger partial charge in [0, 0.05) is 16.7 Å². The summed E-state index contributed by atoms with van der Waals surface area (Å²) in [6.07, 6.45) is 1.65. The highest BCUT2D eigenvalue weighted by atomic mass is 16.4. The van der Waals surface area contributed by atoms with E-state index in [2.05, 4.69) is 4.98 Å². The van der Waals surface area contributed by atoms with E-state index in [1.165, 1.54) is 0 Å². The molecule has 0 saturated heterocycles. The summed E-state index contributed by atoms with van der Waals surface area (Å²) in [5, 5.41) is 9.83. The number of fused-ring (bicyclic) bond motifs is 1. The fourth-order valence-electron chi connectivity index (χ4n) is 1.65. The summed E-state index contributed by atoms with van der Waals surface area (Å²) in [5.74, 6) is -0.896. The molecule has 0 fully saturated rings. The van der Waals surface area contributed by atoms with Crippen LogP contribution in [-0.2, 0) is 4.79 Å². The summed E-state index contributed by atoms with van der Waals surface area (Å²) >= 11 is 0. The minimum absolute atomic E-state index is 0.324. The van der Waals surface area contributed by atoms with Crippen molar-refractivity contribution in [3.05, 3.63) is 47.2 Å². The molecule has 2 aromatic rings. The molecule has 0 saturated carbocycles. The fourth-order valence-corrected chi connectivity index (χ4v) is 1.65. The predicted octanol–water partition coefficient (Wildman–Crippen LogP) is 3.03.